The van der Waals surface area contributed by atoms with Gasteiger partial charge in [0.05, 0.1) is 6.10 Å². The molecule has 2 bridgehead atoms. The van der Waals surface area contributed by atoms with Crippen LogP contribution in [0.3, 0.4) is 0 Å². The van der Waals surface area contributed by atoms with E-state index in [-0.39, 0.29) is 53.9 Å². The maximum absolute atomic E-state index is 13.5. The van der Waals surface area contributed by atoms with Crippen LogP contribution in [0.5, 0.6) is 0 Å². The van der Waals surface area contributed by atoms with Gasteiger partial charge >= 0.3 is 0 Å². The zero-order chi connectivity index (χ0) is 26.4. The Labute approximate surface area is 217 Å². The van der Waals surface area contributed by atoms with E-state index in [1.165, 1.54) is 18.6 Å². The number of aliphatic hydroxyl groups excluding tert-OH is 2. The monoisotopic (exact) mass is 510 g/mol. The van der Waals surface area contributed by atoms with E-state index in [1.807, 2.05) is 6.08 Å². The van der Waals surface area contributed by atoms with Crippen molar-refractivity contribution in [3.8, 4) is 0 Å². The first-order valence-corrected chi connectivity index (χ1v) is 13.8. The van der Waals surface area contributed by atoms with Gasteiger partial charge in [-0.1, -0.05) is 32.4 Å². The maximum Gasteiger partial charge on any atom is 0.259 e. The summed E-state index contributed by atoms with van der Waals surface area (Å²) < 4.78 is 0. The highest BCUT2D eigenvalue weighted by molar-refractivity contribution is 6.27. The zero-order valence-corrected chi connectivity index (χ0v) is 21.6. The Balaban J connectivity index is 1.47. The van der Waals surface area contributed by atoms with E-state index < -0.39 is 29.6 Å². The van der Waals surface area contributed by atoms with Crippen LogP contribution in [0.1, 0.15) is 52.4 Å². The van der Waals surface area contributed by atoms with Gasteiger partial charge in [0.25, 0.3) is 5.91 Å². The van der Waals surface area contributed by atoms with Gasteiger partial charge in [0, 0.05) is 18.9 Å². The number of allylic oxidation sites excluding steroid dienone is 3. The lowest BCUT2D eigenvalue weighted by Gasteiger charge is -2.40. The Bertz CT molecular complexity index is 1080. The highest BCUT2D eigenvalue weighted by atomic mass is 16.3. The average Bonchev–Trinajstić information content (AvgIpc) is 3.48. The first-order chi connectivity index (χ1) is 17.7. The van der Waals surface area contributed by atoms with Crippen LogP contribution >= 0.6 is 0 Å². The molecule has 3 saturated carbocycles. The smallest absolute Gasteiger partial charge is 0.259 e. The van der Waals surface area contributed by atoms with Crippen molar-refractivity contribution in [3.05, 3.63) is 35.6 Å². The topological polar surface area (TPSA) is 133 Å². The summed E-state index contributed by atoms with van der Waals surface area (Å²) in [6.45, 7) is 4.68. The second-order valence-electron chi connectivity index (χ2n) is 11.7. The lowest BCUT2D eigenvalue weighted by molar-refractivity contribution is -0.131. The van der Waals surface area contributed by atoms with Crippen molar-refractivity contribution < 1.29 is 29.4 Å². The number of ketones is 2. The number of hydrogen-bond donors (Lipinski definition) is 4. The van der Waals surface area contributed by atoms with Crippen molar-refractivity contribution in [2.24, 2.45) is 47.3 Å². The van der Waals surface area contributed by atoms with Crippen molar-refractivity contribution >= 4 is 23.4 Å². The summed E-state index contributed by atoms with van der Waals surface area (Å²) >= 11 is 0. The van der Waals surface area contributed by atoms with Crippen LogP contribution in [-0.2, 0) is 19.2 Å². The molecule has 0 unspecified atom stereocenters. The highest BCUT2D eigenvalue weighted by Crippen LogP contribution is 2.61. The number of Topliss-reactive ketones (excluding diaryl/α,β-unsaturated/α-hetero) is 2. The zero-order valence-electron chi connectivity index (χ0n) is 21.6. The Hall–Kier alpha value is -2.74. The lowest BCUT2D eigenvalue weighted by atomic mass is 9.63. The van der Waals surface area contributed by atoms with Crippen LogP contribution in [-0.4, -0.2) is 52.3 Å². The van der Waals surface area contributed by atoms with Crippen molar-refractivity contribution in [2.75, 3.05) is 6.54 Å². The van der Waals surface area contributed by atoms with Crippen molar-refractivity contribution in [1.29, 1.82) is 0 Å². The van der Waals surface area contributed by atoms with Crippen LogP contribution < -0.4 is 10.6 Å². The number of rotatable bonds is 1. The number of hydrogen-bond acceptors (Lipinski definition) is 6. The van der Waals surface area contributed by atoms with E-state index in [0.29, 0.717) is 36.5 Å². The number of aliphatic hydroxyl groups is 2. The van der Waals surface area contributed by atoms with Gasteiger partial charge < -0.3 is 20.8 Å². The molecule has 0 radical (unpaired) electrons. The molecule has 8 nitrogen and oxygen atoms in total. The van der Waals surface area contributed by atoms with E-state index in [0.717, 1.165) is 12.8 Å². The molecule has 2 aliphatic heterocycles. The molecule has 8 heteroatoms. The molecule has 10 atom stereocenters. The molecule has 4 fully saturated rings. The Kier molecular flexibility index (Phi) is 7.14. The molecule has 37 heavy (non-hydrogen) atoms. The van der Waals surface area contributed by atoms with E-state index in [9.17, 15) is 29.4 Å². The molecule has 0 aromatic rings. The summed E-state index contributed by atoms with van der Waals surface area (Å²) in [6.07, 6.45) is 9.70. The third-order valence-corrected chi connectivity index (χ3v) is 9.99. The largest absolute Gasteiger partial charge is 0.507 e. The predicted octanol–water partition coefficient (Wildman–Crippen LogP) is 2.39. The summed E-state index contributed by atoms with van der Waals surface area (Å²) in [7, 11) is 0. The Morgan fingerprint density at radius 2 is 1.86 bits per heavy atom. The summed E-state index contributed by atoms with van der Waals surface area (Å²) in [5.74, 6) is 0.507. The third kappa shape index (κ3) is 4.58. The van der Waals surface area contributed by atoms with E-state index in [1.54, 1.807) is 6.08 Å². The second-order valence-corrected chi connectivity index (χ2v) is 11.7. The van der Waals surface area contributed by atoms with E-state index in [2.05, 4.69) is 24.5 Å². The number of nitrogens with one attached hydrogen (secondary N) is 2. The summed E-state index contributed by atoms with van der Waals surface area (Å²) in [6, 6.07) is -1.17. The number of carbonyl (C=O) groups is 4. The fraction of sp³-hybridized carbons (Fsp3) is 0.655. The van der Waals surface area contributed by atoms with Gasteiger partial charge in [0.15, 0.2) is 5.78 Å². The van der Waals surface area contributed by atoms with Crippen LogP contribution in [0.15, 0.2) is 35.6 Å². The van der Waals surface area contributed by atoms with E-state index in [4.69, 9.17) is 0 Å². The van der Waals surface area contributed by atoms with Crippen LogP contribution in [0.25, 0.3) is 0 Å². The molecule has 200 valence electrons. The SMILES string of the molecule is CC[C@@H]1C[C@H]2C[C@H]3[C@H]4C/C=C\C(=O)NCC[C@H](O)[C@H]5NC(=O)/C(=C(O)/C=C/[C@@H]4CC(=O)[C@H]3[C@H]2[C@@H]1C)C5=O. The van der Waals surface area contributed by atoms with Crippen LogP contribution in [0, 0.1) is 47.3 Å². The molecule has 4 N–H and O–H groups in total. The van der Waals surface area contributed by atoms with Gasteiger partial charge in [0.2, 0.25) is 5.91 Å². The van der Waals surface area contributed by atoms with Gasteiger partial charge in [-0.25, -0.2) is 0 Å². The minimum atomic E-state index is -1.20. The average molecular weight is 511 g/mol. The first-order valence-electron chi connectivity index (χ1n) is 13.8. The molecule has 0 spiro atoms. The minimum Gasteiger partial charge on any atom is -0.507 e. The molecule has 0 aromatic carbocycles. The normalized spacial score (nSPS) is 46.0. The van der Waals surface area contributed by atoms with Gasteiger partial charge in [-0.15, -0.1) is 0 Å². The molecule has 5 rings (SSSR count). The van der Waals surface area contributed by atoms with Gasteiger partial charge in [-0.05, 0) is 79.3 Å². The van der Waals surface area contributed by atoms with E-state index >= 15 is 0 Å². The Morgan fingerprint density at radius 3 is 2.62 bits per heavy atom. The van der Waals surface area contributed by atoms with Crippen molar-refractivity contribution in [1.82, 2.24) is 10.6 Å². The van der Waals surface area contributed by atoms with Gasteiger partial charge in [-0.2, -0.15) is 0 Å². The van der Waals surface area contributed by atoms with Crippen LogP contribution in [0.4, 0.5) is 0 Å². The molecular weight excluding hydrogens is 472 g/mol. The predicted molar refractivity (Wildman–Crippen MR) is 136 cm³/mol. The quantitative estimate of drug-likeness (QED) is 0.401. The Morgan fingerprint density at radius 1 is 1.08 bits per heavy atom. The molecule has 3 aliphatic carbocycles. The molecule has 0 aromatic heterocycles. The maximum atomic E-state index is 13.5. The second kappa shape index (κ2) is 10.2. The summed E-state index contributed by atoms with van der Waals surface area (Å²) in [4.78, 5) is 51.2. The highest BCUT2D eigenvalue weighted by Gasteiger charge is 2.58. The van der Waals surface area contributed by atoms with Crippen molar-refractivity contribution in [2.45, 2.75) is 64.5 Å². The molecule has 1 saturated heterocycles. The lowest BCUT2D eigenvalue weighted by Crippen LogP contribution is -2.42. The minimum absolute atomic E-state index is 0.0374. The number of amides is 2. The standard InChI is InChI=1S/C29H38N2O6/c1-3-15-11-17-12-19-18-5-4-6-23(35)30-10-9-21(33)27-28(36)26(29(37)31-27)20(32)8-7-16(18)13-22(34)25(19)24(17)14(15)2/h4,6-8,14-19,21,24-25,27,32-33H,3,5,9-13H2,1-2H3,(H,30,35)(H,31,37)/b6-4-,8-7+,26-20-/t14-,15-,16-,17+,18+,19+,21+,24+,25+,27-/m1/s1. The molecule has 5 aliphatic rings. The molecule has 2 heterocycles. The third-order valence-electron chi connectivity index (χ3n) is 9.99. The molecule has 2 amide bonds. The van der Waals surface area contributed by atoms with Crippen molar-refractivity contribution in [3.63, 3.8) is 0 Å². The fourth-order valence-electron chi connectivity index (χ4n) is 8.25. The fourth-order valence-corrected chi connectivity index (χ4v) is 8.25. The van der Waals surface area contributed by atoms with Gasteiger partial charge in [-0.3, -0.25) is 19.2 Å². The summed E-state index contributed by atoms with van der Waals surface area (Å²) in [5.41, 5.74) is -0.372. The first kappa shape index (κ1) is 25.9. The summed E-state index contributed by atoms with van der Waals surface area (Å²) in [5, 5.41) is 26.3. The number of fused-ring (bicyclic) bond motifs is 7. The van der Waals surface area contributed by atoms with Gasteiger partial charge in [0.1, 0.15) is 23.2 Å². The van der Waals surface area contributed by atoms with Crippen LogP contribution in [0.2, 0.25) is 0 Å². The molecular formula is C29H38N2O6. The number of carbonyl (C=O) groups excluding carboxylic acids is 4.